The summed E-state index contributed by atoms with van der Waals surface area (Å²) in [6.45, 7) is 4.46. The van der Waals surface area contributed by atoms with Crippen LogP contribution in [-0.2, 0) is 26.2 Å². The predicted octanol–water partition coefficient (Wildman–Crippen LogP) is 5.42. The van der Waals surface area contributed by atoms with Crippen LogP contribution in [0.15, 0.2) is 42.5 Å². The highest BCUT2D eigenvalue weighted by molar-refractivity contribution is 6.42. The number of nitrogens with one attached hydrogen (secondary N) is 1. The quantitative estimate of drug-likeness (QED) is 0.438. The monoisotopic (exact) mass is 558 g/mol. The van der Waals surface area contributed by atoms with E-state index in [1.54, 1.807) is 19.2 Å². The van der Waals surface area contributed by atoms with Crippen molar-refractivity contribution in [3.8, 4) is 5.75 Å². The van der Waals surface area contributed by atoms with Gasteiger partial charge in [-0.2, -0.15) is 0 Å². The molecule has 1 N–H and O–H groups in total. The van der Waals surface area contributed by atoms with Crippen molar-refractivity contribution in [2.45, 2.75) is 63.0 Å². The van der Waals surface area contributed by atoms with E-state index in [-0.39, 0.29) is 41.8 Å². The molecule has 1 aliphatic heterocycles. The number of nitrogens with zero attached hydrogens (tertiary/aromatic N) is 1. The maximum Gasteiger partial charge on any atom is 0.302 e. The molecule has 4 atom stereocenters. The maximum absolute atomic E-state index is 13.2. The molecule has 3 aliphatic rings. The van der Waals surface area contributed by atoms with E-state index in [2.05, 4.69) is 22.3 Å². The van der Waals surface area contributed by atoms with E-state index in [4.69, 9.17) is 32.7 Å². The highest BCUT2D eigenvalue weighted by atomic mass is 35.5. The summed E-state index contributed by atoms with van der Waals surface area (Å²) in [6, 6.07) is 13.4. The SMILES string of the molecule is COc1cccc(C23CCN(CC4CC4)CC2C(OC(C)=O)C[C@H](NC(=O)Cc2ccc(Cl)c(Cl)c2)C3)c1. The Morgan fingerprint density at radius 1 is 1.13 bits per heavy atom. The molecule has 0 radical (unpaired) electrons. The molecule has 1 saturated heterocycles. The summed E-state index contributed by atoms with van der Waals surface area (Å²) < 4.78 is 11.6. The molecule has 2 saturated carbocycles. The molecule has 2 aliphatic carbocycles. The van der Waals surface area contributed by atoms with Gasteiger partial charge >= 0.3 is 5.97 Å². The molecule has 2 aromatic carbocycles. The zero-order valence-electron chi connectivity index (χ0n) is 22.1. The van der Waals surface area contributed by atoms with Gasteiger partial charge in [0.1, 0.15) is 11.9 Å². The number of hydrogen-bond donors (Lipinski definition) is 1. The van der Waals surface area contributed by atoms with Crippen molar-refractivity contribution in [2.24, 2.45) is 11.8 Å². The highest BCUT2D eigenvalue weighted by Crippen LogP contribution is 2.51. The van der Waals surface area contributed by atoms with E-state index in [9.17, 15) is 9.59 Å². The van der Waals surface area contributed by atoms with Gasteiger partial charge in [0.25, 0.3) is 0 Å². The highest BCUT2D eigenvalue weighted by Gasteiger charge is 2.54. The lowest BCUT2D eigenvalue weighted by Crippen LogP contribution is -2.61. The molecular weight excluding hydrogens is 523 g/mol. The summed E-state index contributed by atoms with van der Waals surface area (Å²) in [4.78, 5) is 28.0. The average molecular weight is 560 g/mol. The maximum atomic E-state index is 13.2. The third-order valence-electron chi connectivity index (χ3n) is 8.50. The number of piperidine rings is 1. The van der Waals surface area contributed by atoms with Crippen molar-refractivity contribution in [1.82, 2.24) is 10.2 Å². The molecule has 8 heteroatoms. The van der Waals surface area contributed by atoms with Crippen LogP contribution in [0.4, 0.5) is 0 Å². The number of benzene rings is 2. The molecule has 38 heavy (non-hydrogen) atoms. The first-order chi connectivity index (χ1) is 18.3. The minimum atomic E-state index is -0.287. The molecule has 6 nitrogen and oxygen atoms in total. The number of carbonyl (C=O) groups is 2. The lowest BCUT2D eigenvalue weighted by molar-refractivity contribution is -0.157. The van der Waals surface area contributed by atoms with Crippen molar-refractivity contribution in [2.75, 3.05) is 26.7 Å². The van der Waals surface area contributed by atoms with E-state index in [0.717, 1.165) is 49.7 Å². The molecule has 3 fully saturated rings. The zero-order valence-corrected chi connectivity index (χ0v) is 23.6. The lowest BCUT2D eigenvalue weighted by Gasteiger charge is -2.55. The molecule has 5 rings (SSSR count). The Kier molecular flexibility index (Phi) is 8.22. The van der Waals surface area contributed by atoms with Gasteiger partial charge < -0.3 is 19.7 Å². The lowest BCUT2D eigenvalue weighted by atomic mass is 9.57. The summed E-state index contributed by atoms with van der Waals surface area (Å²) in [5, 5.41) is 4.16. The van der Waals surface area contributed by atoms with Crippen LogP contribution in [0.1, 0.15) is 50.2 Å². The van der Waals surface area contributed by atoms with E-state index in [0.29, 0.717) is 16.5 Å². The Balaban J connectivity index is 1.42. The number of ether oxygens (including phenoxy) is 2. The van der Waals surface area contributed by atoms with E-state index in [1.807, 2.05) is 18.2 Å². The Bertz CT molecular complexity index is 1190. The smallest absolute Gasteiger partial charge is 0.302 e. The first-order valence-corrected chi connectivity index (χ1v) is 14.3. The normalized spacial score (nSPS) is 27.3. The van der Waals surface area contributed by atoms with Gasteiger partial charge in [-0.3, -0.25) is 9.59 Å². The molecule has 204 valence electrons. The van der Waals surface area contributed by atoms with Gasteiger partial charge in [0.2, 0.25) is 5.91 Å². The van der Waals surface area contributed by atoms with Gasteiger partial charge in [-0.25, -0.2) is 0 Å². The minimum Gasteiger partial charge on any atom is -0.497 e. The number of carbonyl (C=O) groups excluding carboxylic acids is 2. The molecule has 3 unspecified atom stereocenters. The van der Waals surface area contributed by atoms with Gasteiger partial charge in [-0.05, 0) is 73.5 Å². The Labute approximate surface area is 235 Å². The van der Waals surface area contributed by atoms with Crippen molar-refractivity contribution >= 4 is 35.1 Å². The molecule has 0 bridgehead atoms. The minimum absolute atomic E-state index is 0.0830. The molecule has 1 amide bonds. The Morgan fingerprint density at radius 2 is 1.95 bits per heavy atom. The second kappa shape index (κ2) is 11.4. The molecule has 1 heterocycles. The number of likely N-dealkylation sites (tertiary alicyclic amines) is 1. The number of amides is 1. The second-order valence-corrected chi connectivity index (χ2v) is 12.0. The number of esters is 1. The van der Waals surface area contributed by atoms with Gasteiger partial charge in [0, 0.05) is 43.8 Å². The number of fused-ring (bicyclic) bond motifs is 1. The molecule has 2 aromatic rings. The third-order valence-corrected chi connectivity index (χ3v) is 9.24. The predicted molar refractivity (Wildman–Crippen MR) is 149 cm³/mol. The number of hydrogen-bond acceptors (Lipinski definition) is 5. The fourth-order valence-corrected chi connectivity index (χ4v) is 6.91. The van der Waals surface area contributed by atoms with Crippen molar-refractivity contribution in [3.63, 3.8) is 0 Å². The van der Waals surface area contributed by atoms with Crippen molar-refractivity contribution < 1.29 is 19.1 Å². The summed E-state index contributed by atoms with van der Waals surface area (Å²) in [6.07, 6.45) is 4.85. The molecule has 0 spiro atoms. The standard InChI is InChI=1S/C30H36Cl2N2O4/c1-19(35)38-28-15-23(33-29(36)13-21-8-9-26(31)27(32)12-21)16-30(22-4-3-5-24(14-22)37-2)10-11-34(18-25(28)30)17-20-6-7-20/h3-5,8-9,12,14,20,23,25,28H,6-7,10-11,13,15-18H2,1-2H3,(H,33,36)/t23-,25?,28?,30?/m0/s1. The van der Waals surface area contributed by atoms with Gasteiger partial charge in [0.15, 0.2) is 0 Å². The van der Waals surface area contributed by atoms with Gasteiger partial charge in [0.05, 0.1) is 23.6 Å². The summed E-state index contributed by atoms with van der Waals surface area (Å²) in [7, 11) is 1.68. The average Bonchev–Trinajstić information content (AvgIpc) is 3.70. The zero-order chi connectivity index (χ0) is 26.9. The molecule has 0 aromatic heterocycles. The van der Waals surface area contributed by atoms with E-state index < -0.39 is 0 Å². The number of rotatable bonds is 8. The topological polar surface area (TPSA) is 67.9 Å². The van der Waals surface area contributed by atoms with Crippen LogP contribution in [0.3, 0.4) is 0 Å². The van der Waals surface area contributed by atoms with Crippen LogP contribution in [-0.4, -0.2) is 55.7 Å². The van der Waals surface area contributed by atoms with Crippen molar-refractivity contribution in [1.29, 1.82) is 0 Å². The fourth-order valence-electron chi connectivity index (χ4n) is 6.59. The number of methoxy groups -OCH3 is 1. The first-order valence-electron chi connectivity index (χ1n) is 13.5. The van der Waals surface area contributed by atoms with Crippen LogP contribution in [0.25, 0.3) is 0 Å². The number of halogens is 2. The van der Waals surface area contributed by atoms with Crippen molar-refractivity contribution in [3.05, 3.63) is 63.6 Å². The van der Waals surface area contributed by atoms with E-state index in [1.165, 1.54) is 25.3 Å². The molecular formula is C30H36Cl2N2O4. The largest absolute Gasteiger partial charge is 0.497 e. The summed E-state index contributed by atoms with van der Waals surface area (Å²) in [5.74, 6) is 1.38. The van der Waals surface area contributed by atoms with E-state index >= 15 is 0 Å². The second-order valence-electron chi connectivity index (χ2n) is 11.2. The third kappa shape index (κ3) is 6.13. The fraction of sp³-hybridized carbons (Fsp3) is 0.533. The summed E-state index contributed by atoms with van der Waals surface area (Å²) >= 11 is 12.2. The summed E-state index contributed by atoms with van der Waals surface area (Å²) in [5.41, 5.74) is 1.75. The first kappa shape index (κ1) is 27.3. The van der Waals surface area contributed by atoms with Crippen LogP contribution >= 0.6 is 23.2 Å². The Morgan fingerprint density at radius 3 is 2.66 bits per heavy atom. The van der Waals surface area contributed by atoms with Crippen LogP contribution in [0.5, 0.6) is 5.75 Å². The van der Waals surface area contributed by atoms with Crippen LogP contribution in [0.2, 0.25) is 10.0 Å². The van der Waals surface area contributed by atoms with Gasteiger partial charge in [-0.1, -0.05) is 41.4 Å². The Hall–Kier alpha value is -2.28. The van der Waals surface area contributed by atoms with Crippen LogP contribution in [0, 0.1) is 11.8 Å². The van der Waals surface area contributed by atoms with Crippen LogP contribution < -0.4 is 10.1 Å². The van der Waals surface area contributed by atoms with Gasteiger partial charge in [-0.15, -0.1) is 0 Å².